The van der Waals surface area contributed by atoms with Gasteiger partial charge in [0, 0.05) is 30.2 Å². The Hall–Kier alpha value is -8.32. The molecule has 96 heavy (non-hydrogen) atoms. The summed E-state index contributed by atoms with van der Waals surface area (Å²) in [6, 6.07) is 30.0. The van der Waals surface area contributed by atoms with Gasteiger partial charge in [-0.15, -0.1) is 0 Å². The second-order valence-electron chi connectivity index (χ2n) is 28.3. The number of nitrogens with zero attached hydrogens (tertiary/aromatic N) is 4. The van der Waals surface area contributed by atoms with Gasteiger partial charge in [0.05, 0.1) is 80.8 Å². The van der Waals surface area contributed by atoms with Gasteiger partial charge in [-0.25, -0.2) is 14.6 Å². The number of benzene rings is 4. The maximum atomic E-state index is 14.7. The lowest BCUT2D eigenvalue weighted by Gasteiger charge is -2.30. The first-order valence-corrected chi connectivity index (χ1v) is 35.1. The highest BCUT2D eigenvalue weighted by molar-refractivity contribution is 5.91. The molecule has 1 N–H and O–H groups in total. The van der Waals surface area contributed by atoms with E-state index in [0.29, 0.717) is 78.8 Å². The number of esters is 4. The number of rotatable bonds is 9. The van der Waals surface area contributed by atoms with Crippen molar-refractivity contribution in [1.82, 2.24) is 24.7 Å². The van der Waals surface area contributed by atoms with Crippen molar-refractivity contribution in [3.05, 3.63) is 141 Å². The molecule has 19 heteroatoms. The van der Waals surface area contributed by atoms with Crippen LogP contribution in [0.1, 0.15) is 130 Å². The van der Waals surface area contributed by atoms with E-state index in [2.05, 4.69) is 54.3 Å². The Labute approximate surface area is 561 Å². The van der Waals surface area contributed by atoms with Gasteiger partial charge in [-0.2, -0.15) is 0 Å². The summed E-state index contributed by atoms with van der Waals surface area (Å²) in [7, 11) is 6.77. The van der Waals surface area contributed by atoms with E-state index in [4.69, 9.17) is 38.1 Å². The zero-order chi connectivity index (χ0) is 66.6. The fourth-order valence-electron chi connectivity index (χ4n) is 16.1. The smallest absolute Gasteiger partial charge is 0.328 e. The Bertz CT molecular complexity index is 3870. The first-order chi connectivity index (χ1) is 46.7. The number of amides is 2. The molecule has 10 atom stereocenters. The third kappa shape index (κ3) is 15.0. The van der Waals surface area contributed by atoms with Crippen molar-refractivity contribution in [2.45, 2.75) is 171 Å². The maximum absolute atomic E-state index is 14.7. The molecule has 0 radical (unpaired) electrons. The zero-order valence-electron chi connectivity index (χ0n) is 55.8. The van der Waals surface area contributed by atoms with E-state index in [-0.39, 0.29) is 92.0 Å². The number of H-pyrrole nitrogens is 1. The summed E-state index contributed by atoms with van der Waals surface area (Å²) in [6.07, 6.45) is 13.5. The molecule has 8 aliphatic rings. The first kappa shape index (κ1) is 66.3. The summed E-state index contributed by atoms with van der Waals surface area (Å²) in [5.41, 5.74) is 7.69. The van der Waals surface area contributed by atoms with E-state index < -0.39 is 48.1 Å². The highest BCUT2D eigenvalue weighted by Gasteiger charge is 2.50. The van der Waals surface area contributed by atoms with E-state index in [1.165, 1.54) is 36.5 Å². The summed E-state index contributed by atoms with van der Waals surface area (Å²) in [4.78, 5) is 110. The molecule has 508 valence electrons. The van der Waals surface area contributed by atoms with E-state index in [1.54, 1.807) is 9.80 Å². The standard InChI is InChI=1S/C41H51N3O7.C36H40N2O7/c1-43(2)18-11-19-49-38-31-15-9-10-17-34(31)42-39-32(38)16-6-4-5-14-28-22-36(28)51-37(45)24-33(29-20-26-12-7-8-13-27(26)21-29)40(46)44-25-30(50-39)23-35(44)41(47)48-3;1-43-36(42)30-18-25-20-38(30)35(41)28(24-15-21-9-5-6-10-22(21)16-24)19-32(39)45-31-17-23(31)11-3-2-4-13-27-33(40)26-12-7-8-14-29(26)37-34(27)44-25/h7-10,12-13,15,17,28-30,33,35-36H,4-6,11,14,16,18-25H2,1-3H3;5-10,12,14,23-25,28,30-31H,2-4,11,13,15-20H2,1H3,(H,37,40)/t28-,30-,33+,35+,36-;23-,25-,28+,30+,31-/m11/s1. The van der Waals surface area contributed by atoms with Crippen LogP contribution in [0.3, 0.4) is 0 Å². The highest BCUT2D eigenvalue weighted by atomic mass is 16.6. The third-order valence-electron chi connectivity index (χ3n) is 21.5. The van der Waals surface area contributed by atoms with Crippen LogP contribution in [0.15, 0.2) is 102 Å². The molecule has 4 bridgehead atoms. The summed E-state index contributed by atoms with van der Waals surface area (Å²) in [5, 5.41) is 1.56. The minimum Gasteiger partial charge on any atom is -0.492 e. The number of aromatic amines is 1. The topological polar surface area (TPSA) is 222 Å². The molecule has 19 nitrogen and oxygen atoms in total. The lowest BCUT2D eigenvalue weighted by atomic mass is 9.85. The number of aromatic nitrogens is 2. The quantitative estimate of drug-likeness (QED) is 0.0808. The van der Waals surface area contributed by atoms with Crippen molar-refractivity contribution >= 4 is 57.5 Å². The van der Waals surface area contributed by atoms with Gasteiger partial charge in [0.15, 0.2) is 11.3 Å². The Morgan fingerprint density at radius 3 is 1.57 bits per heavy atom. The number of hydrogen-bond donors (Lipinski definition) is 1. The number of ether oxygens (including phenoxy) is 7. The summed E-state index contributed by atoms with van der Waals surface area (Å²) in [6.45, 7) is 1.79. The van der Waals surface area contributed by atoms with Crippen LogP contribution in [0.5, 0.6) is 17.5 Å². The van der Waals surface area contributed by atoms with Gasteiger partial charge in [0.1, 0.15) is 42.2 Å². The molecule has 2 aromatic heterocycles. The highest BCUT2D eigenvalue weighted by Crippen LogP contribution is 2.45. The van der Waals surface area contributed by atoms with Crippen molar-refractivity contribution in [2.75, 3.05) is 54.6 Å². The first-order valence-electron chi connectivity index (χ1n) is 35.1. The van der Waals surface area contributed by atoms with E-state index >= 15 is 0 Å². The molecule has 0 spiro atoms. The van der Waals surface area contributed by atoms with Crippen LogP contribution in [-0.4, -0.2) is 151 Å². The Morgan fingerprint density at radius 2 is 1.04 bits per heavy atom. The molecule has 6 aromatic rings. The van der Waals surface area contributed by atoms with Crippen LogP contribution in [0.25, 0.3) is 21.8 Å². The summed E-state index contributed by atoms with van der Waals surface area (Å²) < 4.78 is 42.1. The minimum absolute atomic E-state index is 0.0124. The van der Waals surface area contributed by atoms with Gasteiger partial charge in [-0.05, 0) is 168 Å². The molecular formula is C77H91N5O14. The molecule has 4 aromatic carbocycles. The Morgan fingerprint density at radius 1 is 0.552 bits per heavy atom. The fraction of sp³-hybridized carbons (Fsp3) is 0.532. The Balaban J connectivity index is 0.000000175. The van der Waals surface area contributed by atoms with Gasteiger partial charge in [-0.1, -0.05) is 98.5 Å². The van der Waals surface area contributed by atoms with E-state index in [9.17, 15) is 33.6 Å². The van der Waals surface area contributed by atoms with Gasteiger partial charge < -0.3 is 52.8 Å². The van der Waals surface area contributed by atoms with Crippen LogP contribution in [0.2, 0.25) is 0 Å². The number of methoxy groups -OCH3 is 2. The van der Waals surface area contributed by atoms with Crippen molar-refractivity contribution in [2.24, 2.45) is 35.5 Å². The molecule has 2 saturated carbocycles. The van der Waals surface area contributed by atoms with Crippen LogP contribution in [0, 0.1) is 35.5 Å². The number of carbonyl (C=O) groups excluding carboxylic acids is 6. The molecule has 14 rings (SSSR count). The number of hydrogen-bond acceptors (Lipinski definition) is 16. The third-order valence-corrected chi connectivity index (χ3v) is 21.5. The fourth-order valence-corrected chi connectivity index (χ4v) is 16.1. The van der Waals surface area contributed by atoms with Crippen LogP contribution in [-0.2, 0) is 86.2 Å². The lowest BCUT2D eigenvalue weighted by Crippen LogP contribution is -2.46. The average molecular weight is 1310 g/mol. The largest absolute Gasteiger partial charge is 0.492 e. The van der Waals surface area contributed by atoms with Crippen molar-refractivity contribution in [3.8, 4) is 17.5 Å². The van der Waals surface area contributed by atoms with Crippen molar-refractivity contribution < 1.29 is 61.9 Å². The van der Waals surface area contributed by atoms with Crippen molar-refractivity contribution in [1.29, 1.82) is 0 Å². The van der Waals surface area contributed by atoms with Crippen LogP contribution >= 0.6 is 0 Å². The van der Waals surface area contributed by atoms with Gasteiger partial charge in [0.2, 0.25) is 17.7 Å². The SMILES string of the molecule is COC(=O)[C@@H]1C[C@@H]2CN1C(=O)[C@H](C1Cc3ccccc3C1)CC(=O)O[C@@H]1C[C@H]1CCCCCc1c([nH]c3ccccc3c1=O)O2.COC(=O)[C@@H]1C[C@@H]2CN1C(=O)[C@H](C1Cc3ccccc3C1)CC(=O)O[C@@H]1C[C@H]1CCCCCc1c(nc3ccccc3c1OCCCN(C)C)O2. The Kier molecular flexibility index (Phi) is 20.4. The van der Waals surface area contributed by atoms with Crippen LogP contribution in [0.4, 0.5) is 0 Å². The molecule has 0 unspecified atom stereocenters. The number of nitrogens with one attached hydrogen (secondary N) is 1. The maximum Gasteiger partial charge on any atom is 0.328 e. The molecule has 2 saturated heterocycles. The zero-order valence-corrected chi connectivity index (χ0v) is 55.8. The van der Waals surface area contributed by atoms with Crippen LogP contribution < -0.4 is 19.6 Å². The molecule has 4 aliphatic heterocycles. The van der Waals surface area contributed by atoms with E-state index in [0.717, 1.165) is 106 Å². The van der Waals surface area contributed by atoms with Crippen molar-refractivity contribution in [3.63, 3.8) is 0 Å². The molecule has 6 heterocycles. The molecule has 4 fully saturated rings. The average Bonchev–Trinajstić information content (AvgIpc) is 1.53. The van der Waals surface area contributed by atoms with Gasteiger partial charge >= 0.3 is 23.9 Å². The molecule has 2 amide bonds. The summed E-state index contributed by atoms with van der Waals surface area (Å²) in [5.74, 6) is -1.25. The minimum atomic E-state index is -0.861. The second kappa shape index (κ2) is 29.6. The summed E-state index contributed by atoms with van der Waals surface area (Å²) >= 11 is 0. The number of para-hydroxylation sites is 2. The lowest BCUT2D eigenvalue weighted by molar-refractivity contribution is -0.156. The predicted molar refractivity (Wildman–Crippen MR) is 359 cm³/mol. The normalized spacial score (nSPS) is 26.5. The molecule has 4 aliphatic carbocycles. The number of carbonyl (C=O) groups is 6. The number of pyridine rings is 2. The predicted octanol–water partition coefficient (Wildman–Crippen LogP) is 10.1. The van der Waals surface area contributed by atoms with Gasteiger partial charge in [0.25, 0.3) is 0 Å². The number of fused-ring (bicyclic) bond motifs is 12. The van der Waals surface area contributed by atoms with Gasteiger partial charge in [-0.3, -0.25) is 24.0 Å². The molecular weight excluding hydrogens is 1220 g/mol. The monoisotopic (exact) mass is 1310 g/mol. The second-order valence-corrected chi connectivity index (χ2v) is 28.3. The van der Waals surface area contributed by atoms with E-state index in [1.807, 2.05) is 66.7 Å².